The number of anilines is 1. The number of ether oxygens (including phenoxy) is 1. The van der Waals surface area contributed by atoms with Crippen LogP contribution in [0.1, 0.15) is 23.5 Å². The van der Waals surface area contributed by atoms with Gasteiger partial charge in [-0.05, 0) is 44.4 Å². The maximum Gasteiger partial charge on any atom is 0.253 e. The number of hydrogen-bond acceptors (Lipinski definition) is 6. The fourth-order valence-electron chi connectivity index (χ4n) is 3.68. The molecule has 0 radical (unpaired) electrons. The van der Waals surface area contributed by atoms with Crippen molar-refractivity contribution < 1.29 is 9.53 Å². The molecule has 7 heteroatoms. The Balaban J connectivity index is 1.33. The number of piperidine rings is 1. The summed E-state index contributed by atoms with van der Waals surface area (Å²) in [4.78, 5) is 23.4. The second-order valence-corrected chi connectivity index (χ2v) is 7.83. The molecule has 0 spiro atoms. The first-order chi connectivity index (χ1) is 12.2. The van der Waals surface area contributed by atoms with Gasteiger partial charge < -0.3 is 10.1 Å². The van der Waals surface area contributed by atoms with Gasteiger partial charge in [0, 0.05) is 24.7 Å². The lowest BCUT2D eigenvalue weighted by atomic mass is 9.91. The first-order valence-electron chi connectivity index (χ1n) is 8.67. The lowest BCUT2D eigenvalue weighted by Crippen LogP contribution is -2.42. The molecule has 0 aliphatic carbocycles. The highest BCUT2D eigenvalue weighted by Gasteiger charge is 2.41. The number of carbonyl (C=O) groups is 1. The number of pyridine rings is 1. The van der Waals surface area contributed by atoms with Gasteiger partial charge in [-0.25, -0.2) is 4.98 Å². The summed E-state index contributed by atoms with van der Waals surface area (Å²) in [5, 5.41) is 6.13. The zero-order valence-electron chi connectivity index (χ0n) is 14.2. The van der Waals surface area contributed by atoms with Crippen LogP contribution in [-0.2, 0) is 16.1 Å². The van der Waals surface area contributed by atoms with Crippen molar-refractivity contribution in [3.05, 3.63) is 40.6 Å². The van der Waals surface area contributed by atoms with Crippen molar-refractivity contribution in [1.29, 1.82) is 0 Å². The summed E-state index contributed by atoms with van der Waals surface area (Å²) in [7, 11) is 0. The third-order valence-electron chi connectivity index (χ3n) is 4.91. The maximum absolute atomic E-state index is 12.4. The van der Waals surface area contributed by atoms with E-state index in [0.717, 1.165) is 43.2 Å². The topological polar surface area (TPSA) is 67.4 Å². The molecular formula is C18H22N4O2S. The predicted molar refractivity (Wildman–Crippen MR) is 96.4 cm³/mol. The van der Waals surface area contributed by atoms with E-state index in [0.29, 0.717) is 11.6 Å². The largest absolute Gasteiger partial charge is 0.364 e. The zero-order valence-corrected chi connectivity index (χ0v) is 15.0. The summed E-state index contributed by atoms with van der Waals surface area (Å²) in [6.45, 7) is 4.81. The average Bonchev–Trinajstić information content (AvgIpc) is 3.21. The van der Waals surface area contributed by atoms with Crippen molar-refractivity contribution in [2.45, 2.75) is 38.5 Å². The zero-order chi connectivity index (χ0) is 17.2. The van der Waals surface area contributed by atoms with Crippen LogP contribution < -0.4 is 5.32 Å². The lowest BCUT2D eigenvalue weighted by molar-refractivity contribution is -0.127. The number of carbonyl (C=O) groups excluding carboxylic acids is 1. The molecule has 2 fully saturated rings. The van der Waals surface area contributed by atoms with E-state index < -0.39 is 0 Å². The number of rotatable bonds is 4. The van der Waals surface area contributed by atoms with Gasteiger partial charge in [0.1, 0.15) is 6.10 Å². The highest BCUT2D eigenvalue weighted by molar-refractivity contribution is 7.09. The first kappa shape index (κ1) is 16.6. The summed E-state index contributed by atoms with van der Waals surface area (Å²) in [6, 6.07) is 3.65. The number of thiazole rings is 1. The van der Waals surface area contributed by atoms with E-state index in [9.17, 15) is 4.79 Å². The van der Waals surface area contributed by atoms with Gasteiger partial charge in [-0.3, -0.25) is 14.7 Å². The number of amides is 1. The molecule has 2 aliphatic heterocycles. The van der Waals surface area contributed by atoms with Crippen molar-refractivity contribution in [3.63, 3.8) is 0 Å². The molecule has 2 aromatic rings. The maximum atomic E-state index is 12.4. The van der Waals surface area contributed by atoms with Crippen LogP contribution in [0.5, 0.6) is 0 Å². The van der Waals surface area contributed by atoms with Gasteiger partial charge in [-0.2, -0.15) is 0 Å². The molecule has 6 nitrogen and oxygen atoms in total. The quantitative estimate of drug-likeness (QED) is 0.909. The second-order valence-electron chi connectivity index (χ2n) is 6.77. The molecular weight excluding hydrogens is 336 g/mol. The van der Waals surface area contributed by atoms with Crippen LogP contribution >= 0.6 is 11.3 Å². The van der Waals surface area contributed by atoms with Crippen molar-refractivity contribution in [3.8, 4) is 0 Å². The lowest BCUT2D eigenvalue weighted by Gasteiger charge is -2.33. The van der Waals surface area contributed by atoms with Crippen LogP contribution in [0.25, 0.3) is 0 Å². The third-order valence-corrected chi connectivity index (χ3v) is 5.73. The molecule has 25 heavy (non-hydrogen) atoms. The van der Waals surface area contributed by atoms with E-state index in [-0.39, 0.29) is 18.1 Å². The van der Waals surface area contributed by atoms with E-state index >= 15 is 0 Å². The molecule has 2 aliphatic rings. The minimum absolute atomic E-state index is 0.0657. The van der Waals surface area contributed by atoms with E-state index in [1.807, 2.05) is 19.1 Å². The summed E-state index contributed by atoms with van der Waals surface area (Å²) in [5.41, 5.74) is 1.84. The highest BCUT2D eigenvalue weighted by atomic mass is 32.1. The Hall–Kier alpha value is -1.83. The number of likely N-dealkylation sites (tertiary alicyclic amines) is 1. The highest BCUT2D eigenvalue weighted by Crippen LogP contribution is 2.34. The summed E-state index contributed by atoms with van der Waals surface area (Å²) >= 11 is 1.69. The Bertz CT molecular complexity index is 736. The summed E-state index contributed by atoms with van der Waals surface area (Å²) < 4.78 is 6.08. The van der Waals surface area contributed by atoms with Crippen LogP contribution in [0.4, 0.5) is 5.69 Å². The smallest absolute Gasteiger partial charge is 0.253 e. The van der Waals surface area contributed by atoms with E-state index in [1.54, 1.807) is 23.7 Å². The van der Waals surface area contributed by atoms with Crippen molar-refractivity contribution in [2.75, 3.05) is 18.4 Å². The van der Waals surface area contributed by atoms with Crippen molar-refractivity contribution in [1.82, 2.24) is 14.9 Å². The monoisotopic (exact) mass is 358 g/mol. The SMILES string of the molecule is Cc1nc(CN2CC[C@H]3C[C@@H](C(=O)Nc4cccnc4)O[C@H]3C2)cs1. The van der Waals surface area contributed by atoms with Gasteiger partial charge in [0.15, 0.2) is 0 Å². The van der Waals surface area contributed by atoms with E-state index in [4.69, 9.17) is 4.74 Å². The molecule has 0 bridgehead atoms. The van der Waals surface area contributed by atoms with Crippen LogP contribution in [-0.4, -0.2) is 46.1 Å². The van der Waals surface area contributed by atoms with Crippen LogP contribution in [0.15, 0.2) is 29.9 Å². The standard InChI is InChI=1S/C18H22N4O2S/c1-12-20-15(11-25-12)9-22-6-4-13-7-16(24-17(13)10-22)18(23)21-14-3-2-5-19-8-14/h2-3,5,8,11,13,16-17H,4,6-7,9-10H2,1H3,(H,21,23)/t13-,16-,17-/m0/s1. The summed E-state index contributed by atoms with van der Waals surface area (Å²) in [6.07, 6.45) is 4.99. The number of nitrogens with zero attached hydrogens (tertiary/aromatic N) is 3. The van der Waals surface area contributed by atoms with Crippen LogP contribution in [0.2, 0.25) is 0 Å². The van der Waals surface area contributed by atoms with Gasteiger partial charge in [0.25, 0.3) is 5.91 Å². The molecule has 2 aromatic heterocycles. The molecule has 4 heterocycles. The number of hydrogen-bond donors (Lipinski definition) is 1. The molecule has 4 rings (SSSR count). The molecule has 1 amide bonds. The third kappa shape index (κ3) is 3.89. The van der Waals surface area contributed by atoms with Crippen LogP contribution in [0, 0.1) is 12.8 Å². The number of aromatic nitrogens is 2. The molecule has 1 N–H and O–H groups in total. The Morgan fingerprint density at radius 1 is 1.52 bits per heavy atom. The van der Waals surface area contributed by atoms with Crippen molar-refractivity contribution >= 4 is 22.9 Å². The molecule has 0 aromatic carbocycles. The number of nitrogens with one attached hydrogen (secondary N) is 1. The molecule has 3 atom stereocenters. The van der Waals surface area contributed by atoms with Gasteiger partial charge in [-0.1, -0.05) is 0 Å². The first-order valence-corrected chi connectivity index (χ1v) is 9.55. The number of aryl methyl sites for hydroxylation is 1. The molecule has 0 unspecified atom stereocenters. The van der Waals surface area contributed by atoms with Gasteiger partial charge in [-0.15, -0.1) is 11.3 Å². The van der Waals surface area contributed by atoms with Crippen LogP contribution in [0.3, 0.4) is 0 Å². The van der Waals surface area contributed by atoms with Gasteiger partial charge >= 0.3 is 0 Å². The molecule has 0 saturated carbocycles. The predicted octanol–water partition coefficient (Wildman–Crippen LogP) is 2.46. The van der Waals surface area contributed by atoms with Crippen molar-refractivity contribution in [2.24, 2.45) is 5.92 Å². The minimum Gasteiger partial charge on any atom is -0.364 e. The summed E-state index contributed by atoms with van der Waals surface area (Å²) in [5.74, 6) is 0.405. The molecule has 132 valence electrons. The normalized spacial score (nSPS) is 26.4. The van der Waals surface area contributed by atoms with Gasteiger partial charge in [0.2, 0.25) is 0 Å². The Morgan fingerprint density at radius 3 is 3.20 bits per heavy atom. The molecule has 2 saturated heterocycles. The van der Waals surface area contributed by atoms with E-state index in [2.05, 4.69) is 25.6 Å². The van der Waals surface area contributed by atoms with Gasteiger partial charge in [0.05, 0.1) is 28.7 Å². The minimum atomic E-state index is -0.364. The Labute approximate surface area is 151 Å². The second kappa shape index (κ2) is 7.19. The average molecular weight is 358 g/mol. The van der Waals surface area contributed by atoms with E-state index in [1.165, 1.54) is 0 Å². The Kier molecular flexibility index (Phi) is 4.78. The fourth-order valence-corrected chi connectivity index (χ4v) is 4.28. The fraction of sp³-hybridized carbons (Fsp3) is 0.500. The number of fused-ring (bicyclic) bond motifs is 1. The Morgan fingerprint density at radius 2 is 2.44 bits per heavy atom.